The first-order valence-corrected chi connectivity index (χ1v) is 11.7. The summed E-state index contributed by atoms with van der Waals surface area (Å²) in [5.41, 5.74) is 2.75. The van der Waals surface area contributed by atoms with E-state index in [1.165, 1.54) is 12.1 Å². The van der Waals surface area contributed by atoms with Crippen LogP contribution in [0.1, 0.15) is 44.7 Å². The maximum Gasteiger partial charge on any atom is 0.407 e. The van der Waals surface area contributed by atoms with E-state index in [0.29, 0.717) is 11.3 Å². The molecule has 3 aromatic rings. The van der Waals surface area contributed by atoms with E-state index in [-0.39, 0.29) is 11.6 Å². The van der Waals surface area contributed by atoms with Gasteiger partial charge in [-0.2, -0.15) is 10.4 Å². The van der Waals surface area contributed by atoms with Crippen LogP contribution in [0.3, 0.4) is 0 Å². The van der Waals surface area contributed by atoms with Crippen molar-refractivity contribution in [3.8, 4) is 23.0 Å². The van der Waals surface area contributed by atoms with E-state index in [4.69, 9.17) is 15.1 Å². The number of benzene rings is 2. The Morgan fingerprint density at radius 2 is 1.83 bits per heavy atom. The predicted molar refractivity (Wildman–Crippen MR) is 133 cm³/mol. The second-order valence-electron chi connectivity index (χ2n) is 9.85. The Hall–Kier alpha value is -3.86. The molecule has 1 aromatic heterocycles. The molecule has 4 rings (SSSR count). The molecule has 1 saturated heterocycles. The third-order valence-electron chi connectivity index (χ3n) is 5.89. The lowest BCUT2D eigenvalue weighted by molar-refractivity contribution is 0.0497. The number of aromatic nitrogens is 2. The summed E-state index contributed by atoms with van der Waals surface area (Å²) < 4.78 is 21.6. The number of halogens is 1. The number of hydrogen-bond donors (Lipinski definition) is 1. The molecule has 8 heteroatoms. The predicted octanol–water partition coefficient (Wildman–Crippen LogP) is 5.35. The summed E-state index contributed by atoms with van der Waals surface area (Å²) in [6.07, 6.45) is 1.13. The molecule has 35 heavy (non-hydrogen) atoms. The van der Waals surface area contributed by atoms with Crippen LogP contribution in [0.25, 0.3) is 16.9 Å². The number of carbonyl (C=O) groups is 1. The highest BCUT2D eigenvalue weighted by molar-refractivity contribution is 5.68. The van der Waals surface area contributed by atoms with Crippen LogP contribution in [-0.4, -0.2) is 40.6 Å². The Bertz CT molecular complexity index is 1250. The maximum absolute atomic E-state index is 14.3. The van der Waals surface area contributed by atoms with Crippen molar-refractivity contribution < 1.29 is 13.9 Å². The van der Waals surface area contributed by atoms with Crippen molar-refractivity contribution in [1.29, 1.82) is 5.26 Å². The molecule has 1 aliphatic heterocycles. The summed E-state index contributed by atoms with van der Waals surface area (Å²) in [6, 6.07) is 16.4. The molecule has 1 aliphatic rings. The van der Waals surface area contributed by atoms with E-state index >= 15 is 0 Å². The Morgan fingerprint density at radius 1 is 1.14 bits per heavy atom. The standard InChI is InChI=1S/C27H30FN5O2/c1-18-5-9-22(10-6-18)33-25(16-24(31-33)19-7-8-20(17-29)23(28)15-19)32-13-11-21(12-14-32)30-26(34)35-27(2,3)4/h5-10,15-16,21H,11-14H2,1-4H3,(H,30,34). The number of nitrogens with zero attached hydrogens (tertiary/aromatic N) is 4. The van der Waals surface area contributed by atoms with Gasteiger partial charge in [0.2, 0.25) is 0 Å². The van der Waals surface area contributed by atoms with E-state index < -0.39 is 17.5 Å². The third kappa shape index (κ3) is 5.80. The van der Waals surface area contributed by atoms with Crippen LogP contribution < -0.4 is 10.2 Å². The van der Waals surface area contributed by atoms with Crippen LogP contribution in [0, 0.1) is 24.1 Å². The van der Waals surface area contributed by atoms with Gasteiger partial charge < -0.3 is 15.0 Å². The van der Waals surface area contributed by atoms with E-state index in [0.717, 1.165) is 43.0 Å². The maximum atomic E-state index is 14.3. The van der Waals surface area contributed by atoms with Gasteiger partial charge in [0.1, 0.15) is 23.3 Å². The summed E-state index contributed by atoms with van der Waals surface area (Å²) in [5.74, 6) is 0.329. The van der Waals surface area contributed by atoms with Gasteiger partial charge >= 0.3 is 6.09 Å². The number of rotatable bonds is 4. The molecular weight excluding hydrogens is 445 g/mol. The fourth-order valence-corrected chi connectivity index (χ4v) is 4.11. The molecule has 0 aliphatic carbocycles. The SMILES string of the molecule is Cc1ccc(-n2nc(-c3ccc(C#N)c(F)c3)cc2N2CCC(NC(=O)OC(C)(C)C)CC2)cc1. The molecule has 0 radical (unpaired) electrons. The zero-order chi connectivity index (χ0) is 25.2. The molecule has 0 unspecified atom stereocenters. The number of piperidine rings is 1. The van der Waals surface area contributed by atoms with Gasteiger partial charge in [-0.25, -0.2) is 13.9 Å². The minimum atomic E-state index is -0.564. The van der Waals surface area contributed by atoms with E-state index in [1.807, 2.05) is 68.8 Å². The van der Waals surface area contributed by atoms with Crippen molar-refractivity contribution in [2.24, 2.45) is 0 Å². The number of amides is 1. The quantitative estimate of drug-likeness (QED) is 0.550. The highest BCUT2D eigenvalue weighted by Gasteiger charge is 2.26. The first-order valence-electron chi connectivity index (χ1n) is 11.7. The zero-order valence-electron chi connectivity index (χ0n) is 20.5. The number of hydrogen-bond acceptors (Lipinski definition) is 5. The van der Waals surface area contributed by atoms with Crippen LogP contribution in [0.15, 0.2) is 48.5 Å². The number of anilines is 1. The molecule has 1 fully saturated rings. The zero-order valence-corrected chi connectivity index (χ0v) is 20.5. The van der Waals surface area contributed by atoms with Crippen molar-refractivity contribution in [3.05, 3.63) is 65.5 Å². The molecule has 1 amide bonds. The van der Waals surface area contributed by atoms with Crippen LogP contribution >= 0.6 is 0 Å². The molecule has 182 valence electrons. The number of carbonyl (C=O) groups excluding carboxylic acids is 1. The third-order valence-corrected chi connectivity index (χ3v) is 5.89. The van der Waals surface area contributed by atoms with E-state index in [1.54, 1.807) is 6.07 Å². The fourth-order valence-electron chi connectivity index (χ4n) is 4.11. The van der Waals surface area contributed by atoms with Crippen LogP contribution in [0.5, 0.6) is 0 Å². The number of aryl methyl sites for hydroxylation is 1. The lowest BCUT2D eigenvalue weighted by Crippen LogP contribution is -2.46. The van der Waals surface area contributed by atoms with Crippen LogP contribution in [-0.2, 0) is 4.74 Å². The van der Waals surface area contributed by atoms with Gasteiger partial charge in [0.25, 0.3) is 0 Å². The molecule has 0 atom stereocenters. The van der Waals surface area contributed by atoms with E-state index in [9.17, 15) is 9.18 Å². The summed E-state index contributed by atoms with van der Waals surface area (Å²) in [7, 11) is 0. The average Bonchev–Trinajstić information content (AvgIpc) is 3.24. The summed E-state index contributed by atoms with van der Waals surface area (Å²) in [5, 5.41) is 16.8. The molecule has 2 heterocycles. The van der Waals surface area contributed by atoms with Gasteiger partial charge in [-0.05, 0) is 64.8 Å². The molecule has 1 N–H and O–H groups in total. The fraction of sp³-hybridized carbons (Fsp3) is 0.370. The summed E-state index contributed by atoms with van der Waals surface area (Å²) in [6.45, 7) is 9.01. The van der Waals surface area contributed by atoms with Crippen molar-refractivity contribution in [1.82, 2.24) is 15.1 Å². The minimum Gasteiger partial charge on any atom is -0.444 e. The van der Waals surface area contributed by atoms with Gasteiger partial charge in [0.05, 0.1) is 16.9 Å². The topological polar surface area (TPSA) is 83.2 Å². The number of nitriles is 1. The monoisotopic (exact) mass is 475 g/mol. The second-order valence-corrected chi connectivity index (χ2v) is 9.85. The van der Waals surface area contributed by atoms with Gasteiger partial charge in [-0.1, -0.05) is 23.8 Å². The Kier molecular flexibility index (Phi) is 6.79. The number of nitrogens with one attached hydrogen (secondary N) is 1. The first kappa shape index (κ1) is 24.3. The Morgan fingerprint density at radius 3 is 2.43 bits per heavy atom. The normalized spacial score (nSPS) is 14.5. The van der Waals surface area contributed by atoms with Crippen LogP contribution in [0.2, 0.25) is 0 Å². The van der Waals surface area contributed by atoms with Gasteiger partial charge in [-0.15, -0.1) is 0 Å². The van der Waals surface area contributed by atoms with Gasteiger partial charge in [0.15, 0.2) is 0 Å². The highest BCUT2D eigenvalue weighted by atomic mass is 19.1. The molecular formula is C27H30FN5O2. The number of alkyl carbamates (subject to hydrolysis) is 1. The number of ether oxygens (including phenoxy) is 1. The van der Waals surface area contributed by atoms with Crippen molar-refractivity contribution in [2.75, 3.05) is 18.0 Å². The molecule has 0 bridgehead atoms. The molecule has 7 nitrogen and oxygen atoms in total. The summed E-state index contributed by atoms with van der Waals surface area (Å²) >= 11 is 0. The Balaban J connectivity index is 1.58. The van der Waals surface area contributed by atoms with Crippen LogP contribution in [0.4, 0.5) is 15.0 Å². The minimum absolute atomic E-state index is 0.00602. The van der Waals surface area contributed by atoms with Crippen molar-refractivity contribution >= 4 is 11.9 Å². The first-order chi connectivity index (χ1) is 16.6. The largest absolute Gasteiger partial charge is 0.444 e. The van der Waals surface area contributed by atoms with Crippen molar-refractivity contribution in [2.45, 2.75) is 52.2 Å². The van der Waals surface area contributed by atoms with E-state index in [2.05, 4.69) is 10.2 Å². The summed E-state index contributed by atoms with van der Waals surface area (Å²) in [4.78, 5) is 14.4. The Labute approximate surface area is 205 Å². The lowest BCUT2D eigenvalue weighted by atomic mass is 10.0. The highest BCUT2D eigenvalue weighted by Crippen LogP contribution is 2.30. The van der Waals surface area contributed by atoms with Gasteiger partial charge in [-0.3, -0.25) is 0 Å². The van der Waals surface area contributed by atoms with Crippen molar-refractivity contribution in [3.63, 3.8) is 0 Å². The van der Waals surface area contributed by atoms with Gasteiger partial charge in [0, 0.05) is 30.8 Å². The average molecular weight is 476 g/mol. The molecule has 0 spiro atoms. The smallest absolute Gasteiger partial charge is 0.407 e. The molecule has 2 aromatic carbocycles. The lowest BCUT2D eigenvalue weighted by Gasteiger charge is -2.34. The molecule has 0 saturated carbocycles. The second kappa shape index (κ2) is 9.79.